The lowest BCUT2D eigenvalue weighted by atomic mass is 10.0. The Morgan fingerprint density at radius 2 is 2.30 bits per heavy atom. The molecule has 6 nitrogen and oxygen atoms in total. The van der Waals surface area contributed by atoms with Gasteiger partial charge in [-0.15, -0.1) is 0 Å². The average molecular weight is 280 g/mol. The molecule has 0 aromatic carbocycles. The van der Waals surface area contributed by atoms with Gasteiger partial charge in [-0.2, -0.15) is 4.98 Å². The van der Waals surface area contributed by atoms with Crippen LogP contribution in [0.5, 0.6) is 0 Å². The first kappa shape index (κ1) is 14.8. The number of rotatable bonds is 4. The Labute approximate surface area is 119 Å². The van der Waals surface area contributed by atoms with E-state index in [-0.39, 0.29) is 11.9 Å². The fourth-order valence-corrected chi connectivity index (χ4v) is 2.38. The summed E-state index contributed by atoms with van der Waals surface area (Å²) in [6.45, 7) is 7.53. The molecule has 1 unspecified atom stereocenters. The third-order valence-corrected chi connectivity index (χ3v) is 3.68. The fraction of sp³-hybridized carbons (Fsp3) is 0.786. The predicted octanol–water partition coefficient (Wildman–Crippen LogP) is 2.32. The number of urea groups is 1. The zero-order valence-corrected chi connectivity index (χ0v) is 12.6. The zero-order valence-electron chi connectivity index (χ0n) is 12.6. The minimum Gasteiger partial charge on any atom is -0.339 e. The quantitative estimate of drug-likeness (QED) is 0.918. The summed E-state index contributed by atoms with van der Waals surface area (Å²) in [5.41, 5.74) is 0. The van der Waals surface area contributed by atoms with Crippen LogP contribution in [0.4, 0.5) is 4.79 Å². The molecule has 0 aliphatic carbocycles. The highest BCUT2D eigenvalue weighted by Gasteiger charge is 2.22. The highest BCUT2D eigenvalue weighted by atomic mass is 16.5. The molecule has 1 atom stereocenters. The van der Waals surface area contributed by atoms with Gasteiger partial charge < -0.3 is 14.7 Å². The molecule has 1 aliphatic heterocycles. The lowest BCUT2D eigenvalue weighted by Crippen LogP contribution is -2.47. The lowest BCUT2D eigenvalue weighted by Gasteiger charge is -2.33. The van der Waals surface area contributed by atoms with Crippen molar-refractivity contribution in [2.24, 2.45) is 0 Å². The van der Waals surface area contributed by atoms with Crippen molar-refractivity contribution in [1.29, 1.82) is 0 Å². The van der Waals surface area contributed by atoms with Crippen LogP contribution in [-0.2, 0) is 6.42 Å². The summed E-state index contributed by atoms with van der Waals surface area (Å²) in [5.74, 6) is 1.56. The third-order valence-electron chi connectivity index (χ3n) is 3.68. The first-order valence-corrected chi connectivity index (χ1v) is 7.45. The molecular weight excluding hydrogens is 256 g/mol. The van der Waals surface area contributed by atoms with Gasteiger partial charge in [0.2, 0.25) is 5.89 Å². The maximum Gasteiger partial charge on any atom is 0.317 e. The van der Waals surface area contributed by atoms with Crippen molar-refractivity contribution in [1.82, 2.24) is 20.4 Å². The summed E-state index contributed by atoms with van der Waals surface area (Å²) in [5, 5.41) is 6.84. The number of likely N-dealkylation sites (tertiary alicyclic amines) is 1. The molecule has 0 bridgehead atoms. The van der Waals surface area contributed by atoms with Gasteiger partial charge in [0.25, 0.3) is 0 Å². The van der Waals surface area contributed by atoms with Crippen LogP contribution in [0.1, 0.15) is 57.7 Å². The van der Waals surface area contributed by atoms with Gasteiger partial charge in [0.1, 0.15) is 0 Å². The molecule has 0 saturated carbocycles. The van der Waals surface area contributed by atoms with Gasteiger partial charge in [-0.25, -0.2) is 4.79 Å². The lowest BCUT2D eigenvalue weighted by molar-refractivity contribution is 0.158. The highest BCUT2D eigenvalue weighted by Crippen LogP contribution is 2.16. The Morgan fingerprint density at radius 3 is 2.95 bits per heavy atom. The van der Waals surface area contributed by atoms with E-state index in [9.17, 15) is 4.79 Å². The van der Waals surface area contributed by atoms with Crippen molar-refractivity contribution in [2.75, 3.05) is 13.1 Å². The van der Waals surface area contributed by atoms with Crippen molar-refractivity contribution < 1.29 is 9.32 Å². The van der Waals surface area contributed by atoms with Crippen LogP contribution >= 0.6 is 0 Å². The van der Waals surface area contributed by atoms with Crippen molar-refractivity contribution in [2.45, 2.75) is 58.4 Å². The number of nitrogens with one attached hydrogen (secondary N) is 1. The van der Waals surface area contributed by atoms with E-state index in [4.69, 9.17) is 4.52 Å². The van der Waals surface area contributed by atoms with E-state index >= 15 is 0 Å². The van der Waals surface area contributed by atoms with E-state index in [1.165, 1.54) is 6.42 Å². The van der Waals surface area contributed by atoms with E-state index in [0.29, 0.717) is 24.9 Å². The second kappa shape index (κ2) is 6.72. The molecule has 0 spiro atoms. The van der Waals surface area contributed by atoms with E-state index in [1.807, 2.05) is 18.7 Å². The molecule has 1 aromatic heterocycles. The summed E-state index contributed by atoms with van der Waals surface area (Å²) in [4.78, 5) is 18.3. The summed E-state index contributed by atoms with van der Waals surface area (Å²) < 4.78 is 5.15. The maximum absolute atomic E-state index is 12.1. The fourth-order valence-electron chi connectivity index (χ4n) is 2.38. The molecule has 1 N–H and O–H groups in total. The van der Waals surface area contributed by atoms with Crippen LogP contribution in [0.15, 0.2) is 4.52 Å². The van der Waals surface area contributed by atoms with Gasteiger partial charge in [0.15, 0.2) is 5.82 Å². The summed E-state index contributed by atoms with van der Waals surface area (Å²) >= 11 is 0. The number of piperidine rings is 1. The molecule has 2 heterocycles. The molecule has 6 heteroatoms. The average Bonchev–Trinajstić information content (AvgIpc) is 2.88. The first-order chi connectivity index (χ1) is 9.58. The number of aromatic nitrogens is 2. The number of hydrogen-bond donors (Lipinski definition) is 1. The molecule has 1 aliphatic rings. The summed E-state index contributed by atoms with van der Waals surface area (Å²) in [6, 6.07) is 0.348. The molecule has 2 rings (SSSR count). The molecule has 2 amide bonds. The smallest absolute Gasteiger partial charge is 0.317 e. The van der Waals surface area contributed by atoms with Gasteiger partial charge in [0, 0.05) is 31.5 Å². The van der Waals surface area contributed by atoms with Gasteiger partial charge in [-0.1, -0.05) is 19.0 Å². The minimum absolute atomic E-state index is 0.0146. The maximum atomic E-state index is 12.1. The second-order valence-electron chi connectivity index (χ2n) is 5.72. The minimum atomic E-state index is 0.0146. The Balaban J connectivity index is 1.75. The zero-order chi connectivity index (χ0) is 14.5. The van der Waals surface area contributed by atoms with Crippen molar-refractivity contribution >= 4 is 6.03 Å². The van der Waals surface area contributed by atoms with E-state index in [0.717, 1.165) is 25.2 Å². The van der Waals surface area contributed by atoms with Gasteiger partial charge >= 0.3 is 6.03 Å². The Kier molecular flexibility index (Phi) is 4.98. The Morgan fingerprint density at radius 1 is 1.50 bits per heavy atom. The Hall–Kier alpha value is -1.59. The predicted molar refractivity (Wildman–Crippen MR) is 75.5 cm³/mol. The van der Waals surface area contributed by atoms with Gasteiger partial charge in [0.05, 0.1) is 0 Å². The Bertz CT molecular complexity index is 444. The van der Waals surface area contributed by atoms with Crippen LogP contribution in [-0.4, -0.2) is 40.2 Å². The van der Waals surface area contributed by atoms with Crippen LogP contribution in [0.3, 0.4) is 0 Å². The van der Waals surface area contributed by atoms with E-state index in [1.54, 1.807) is 0 Å². The molecule has 1 saturated heterocycles. The number of nitrogens with zero attached hydrogens (tertiary/aromatic N) is 3. The van der Waals surface area contributed by atoms with E-state index in [2.05, 4.69) is 22.4 Å². The normalized spacial score (nSPS) is 19.4. The largest absolute Gasteiger partial charge is 0.339 e. The van der Waals surface area contributed by atoms with Crippen molar-refractivity contribution in [3.05, 3.63) is 11.7 Å². The van der Waals surface area contributed by atoms with Gasteiger partial charge in [-0.3, -0.25) is 0 Å². The third kappa shape index (κ3) is 3.71. The number of carbonyl (C=O) groups is 1. The molecule has 20 heavy (non-hydrogen) atoms. The van der Waals surface area contributed by atoms with E-state index < -0.39 is 0 Å². The van der Waals surface area contributed by atoms with Crippen LogP contribution in [0, 0.1) is 0 Å². The SMILES string of the molecule is CC(C)c1noc(CCNC(=O)N2CCCCC2C)n1. The summed E-state index contributed by atoms with van der Waals surface area (Å²) in [6.07, 6.45) is 3.98. The highest BCUT2D eigenvalue weighted by molar-refractivity contribution is 5.74. The van der Waals surface area contributed by atoms with Crippen LogP contribution < -0.4 is 5.32 Å². The van der Waals surface area contributed by atoms with Crippen molar-refractivity contribution in [3.8, 4) is 0 Å². The molecule has 112 valence electrons. The monoisotopic (exact) mass is 280 g/mol. The number of hydrogen-bond acceptors (Lipinski definition) is 4. The van der Waals surface area contributed by atoms with Crippen molar-refractivity contribution in [3.63, 3.8) is 0 Å². The number of amides is 2. The molecule has 1 fully saturated rings. The van der Waals surface area contributed by atoms with Crippen LogP contribution in [0.2, 0.25) is 0 Å². The molecular formula is C14H24N4O2. The topological polar surface area (TPSA) is 71.3 Å². The molecule has 0 radical (unpaired) electrons. The second-order valence-corrected chi connectivity index (χ2v) is 5.72. The standard InChI is InChI=1S/C14H24N4O2/c1-10(2)13-16-12(20-17-13)7-8-15-14(19)18-9-5-4-6-11(18)3/h10-11H,4-9H2,1-3H3,(H,15,19). The van der Waals surface area contributed by atoms with Gasteiger partial charge in [-0.05, 0) is 26.2 Å². The number of carbonyl (C=O) groups excluding carboxylic acids is 1. The van der Waals surface area contributed by atoms with Crippen LogP contribution in [0.25, 0.3) is 0 Å². The first-order valence-electron chi connectivity index (χ1n) is 7.45. The molecule has 1 aromatic rings. The summed E-state index contributed by atoms with van der Waals surface area (Å²) in [7, 11) is 0.